The van der Waals surface area contributed by atoms with Crippen molar-refractivity contribution in [3.8, 4) is 0 Å². The van der Waals surface area contributed by atoms with Gasteiger partial charge in [-0.3, -0.25) is 4.79 Å². The Morgan fingerprint density at radius 3 is 2.80 bits per heavy atom. The van der Waals surface area contributed by atoms with Crippen molar-refractivity contribution in [1.82, 2.24) is 4.90 Å². The van der Waals surface area contributed by atoms with Crippen molar-refractivity contribution in [2.45, 2.75) is 25.8 Å². The third-order valence-electron chi connectivity index (χ3n) is 3.38. The summed E-state index contributed by atoms with van der Waals surface area (Å²) in [6, 6.07) is 9.32. The number of nitrogens with zero attached hydrogens (tertiary/aromatic N) is 1. The minimum Gasteiger partial charge on any atom is -0.447 e. The second kappa shape index (κ2) is 6.32. The van der Waals surface area contributed by atoms with E-state index in [0.717, 1.165) is 10.5 Å². The van der Waals surface area contributed by atoms with Crippen molar-refractivity contribution in [2.75, 3.05) is 6.61 Å². The maximum Gasteiger partial charge on any atom is 0.416 e. The minimum atomic E-state index is -0.617. The highest BCUT2D eigenvalue weighted by Crippen LogP contribution is 2.20. The Hall–Kier alpha value is -2.17. The van der Waals surface area contributed by atoms with Gasteiger partial charge in [0.25, 0.3) is 0 Å². The second-order valence-electron chi connectivity index (χ2n) is 4.93. The monoisotopic (exact) mass is 275 g/mol. The van der Waals surface area contributed by atoms with Crippen LogP contribution in [0.5, 0.6) is 0 Å². The SMILES string of the molecule is C[C@H](CC=O)C(=O)N1C(=O)OC[C@@H]1Cc1ccccc1. The van der Waals surface area contributed by atoms with Crippen molar-refractivity contribution in [2.24, 2.45) is 5.92 Å². The molecule has 0 spiro atoms. The van der Waals surface area contributed by atoms with E-state index < -0.39 is 12.0 Å². The predicted octanol–water partition coefficient (Wildman–Crippen LogP) is 1.80. The second-order valence-corrected chi connectivity index (χ2v) is 4.93. The number of aldehydes is 1. The van der Waals surface area contributed by atoms with Crippen LogP contribution in [-0.2, 0) is 20.7 Å². The summed E-state index contributed by atoms with van der Waals surface area (Å²) in [4.78, 5) is 35.6. The molecule has 2 rings (SSSR count). The third-order valence-corrected chi connectivity index (χ3v) is 3.38. The van der Waals surface area contributed by atoms with E-state index >= 15 is 0 Å². The van der Waals surface area contributed by atoms with Gasteiger partial charge in [-0.2, -0.15) is 0 Å². The molecule has 5 nitrogen and oxygen atoms in total. The molecular weight excluding hydrogens is 258 g/mol. The summed E-state index contributed by atoms with van der Waals surface area (Å²) >= 11 is 0. The van der Waals surface area contributed by atoms with Gasteiger partial charge in [-0.15, -0.1) is 0 Å². The van der Waals surface area contributed by atoms with Gasteiger partial charge in [0.05, 0.1) is 6.04 Å². The van der Waals surface area contributed by atoms with E-state index in [9.17, 15) is 14.4 Å². The lowest BCUT2D eigenvalue weighted by atomic mass is 10.0. The highest BCUT2D eigenvalue weighted by Gasteiger charge is 2.39. The number of hydrogen-bond acceptors (Lipinski definition) is 4. The first kappa shape index (κ1) is 14.2. The summed E-state index contributed by atoms with van der Waals surface area (Å²) in [5, 5.41) is 0. The molecule has 1 heterocycles. The number of cyclic esters (lactones) is 1. The van der Waals surface area contributed by atoms with E-state index in [1.165, 1.54) is 0 Å². The average molecular weight is 275 g/mol. The van der Waals surface area contributed by atoms with Gasteiger partial charge in [0.2, 0.25) is 5.91 Å². The van der Waals surface area contributed by atoms with Crippen LogP contribution >= 0.6 is 0 Å². The van der Waals surface area contributed by atoms with Crippen LogP contribution in [0.15, 0.2) is 30.3 Å². The quantitative estimate of drug-likeness (QED) is 0.769. The zero-order chi connectivity index (χ0) is 14.5. The zero-order valence-corrected chi connectivity index (χ0v) is 11.3. The molecule has 1 saturated heterocycles. The smallest absolute Gasteiger partial charge is 0.416 e. The first-order valence-corrected chi connectivity index (χ1v) is 6.61. The number of hydrogen-bond donors (Lipinski definition) is 0. The van der Waals surface area contributed by atoms with Gasteiger partial charge in [0.15, 0.2) is 0 Å². The number of carbonyl (C=O) groups is 3. The molecule has 0 aliphatic carbocycles. The lowest BCUT2D eigenvalue weighted by molar-refractivity contribution is -0.134. The largest absolute Gasteiger partial charge is 0.447 e. The molecule has 1 aromatic rings. The molecule has 106 valence electrons. The maximum atomic E-state index is 12.2. The number of imide groups is 1. The Morgan fingerprint density at radius 2 is 2.15 bits per heavy atom. The van der Waals surface area contributed by atoms with Crippen molar-refractivity contribution >= 4 is 18.3 Å². The fourth-order valence-corrected chi connectivity index (χ4v) is 2.25. The molecule has 2 atom stereocenters. The van der Waals surface area contributed by atoms with Crippen LogP contribution < -0.4 is 0 Å². The predicted molar refractivity (Wildman–Crippen MR) is 72.0 cm³/mol. The minimum absolute atomic E-state index is 0.112. The van der Waals surface area contributed by atoms with Gasteiger partial charge in [0, 0.05) is 12.3 Å². The normalized spacial score (nSPS) is 19.6. The number of amides is 2. The van der Waals surface area contributed by atoms with Crippen LogP contribution in [0.25, 0.3) is 0 Å². The summed E-state index contributed by atoms with van der Waals surface area (Å²) in [6.07, 6.45) is 0.747. The zero-order valence-electron chi connectivity index (χ0n) is 11.3. The van der Waals surface area contributed by atoms with E-state index in [4.69, 9.17) is 4.74 Å². The number of ether oxygens (including phenoxy) is 1. The lowest BCUT2D eigenvalue weighted by Gasteiger charge is -2.22. The van der Waals surface area contributed by atoms with Gasteiger partial charge >= 0.3 is 6.09 Å². The van der Waals surface area contributed by atoms with Crippen LogP contribution in [0.2, 0.25) is 0 Å². The molecule has 0 aromatic heterocycles. The van der Waals surface area contributed by atoms with E-state index in [1.54, 1.807) is 6.92 Å². The van der Waals surface area contributed by atoms with E-state index in [0.29, 0.717) is 12.7 Å². The van der Waals surface area contributed by atoms with Gasteiger partial charge in [-0.05, 0) is 12.0 Å². The average Bonchev–Trinajstić information content (AvgIpc) is 2.80. The molecule has 1 fully saturated rings. The molecule has 2 amide bonds. The number of carbonyl (C=O) groups excluding carboxylic acids is 3. The van der Waals surface area contributed by atoms with Gasteiger partial charge in [-0.25, -0.2) is 9.69 Å². The summed E-state index contributed by atoms with van der Waals surface area (Å²) in [5.74, 6) is -0.850. The van der Waals surface area contributed by atoms with Gasteiger partial charge in [-0.1, -0.05) is 37.3 Å². The molecule has 5 heteroatoms. The van der Waals surface area contributed by atoms with Crippen LogP contribution in [0.1, 0.15) is 18.9 Å². The highest BCUT2D eigenvalue weighted by molar-refractivity contribution is 5.95. The molecule has 0 N–H and O–H groups in total. The summed E-state index contributed by atoms with van der Waals surface area (Å²) in [5.41, 5.74) is 1.04. The summed E-state index contributed by atoms with van der Waals surface area (Å²) in [6.45, 7) is 1.84. The molecule has 20 heavy (non-hydrogen) atoms. The third kappa shape index (κ3) is 3.04. The molecular formula is C15H17NO4. The molecule has 1 aliphatic heterocycles. The molecule has 0 bridgehead atoms. The van der Waals surface area contributed by atoms with E-state index in [2.05, 4.69) is 0 Å². The van der Waals surface area contributed by atoms with Crippen molar-refractivity contribution < 1.29 is 19.1 Å². The van der Waals surface area contributed by atoms with Crippen LogP contribution in [0.4, 0.5) is 4.79 Å². The van der Waals surface area contributed by atoms with Crippen molar-refractivity contribution in [3.05, 3.63) is 35.9 Å². The Balaban J connectivity index is 2.10. The molecule has 1 aliphatic rings. The summed E-state index contributed by atoms with van der Waals surface area (Å²) < 4.78 is 4.98. The van der Waals surface area contributed by atoms with Crippen LogP contribution in [0.3, 0.4) is 0 Å². The van der Waals surface area contributed by atoms with Crippen LogP contribution in [0, 0.1) is 5.92 Å². The fraction of sp³-hybridized carbons (Fsp3) is 0.400. The van der Waals surface area contributed by atoms with Crippen LogP contribution in [-0.4, -0.2) is 35.8 Å². The Kier molecular flexibility index (Phi) is 4.50. The Bertz CT molecular complexity index is 500. The molecule has 0 unspecified atom stereocenters. The van der Waals surface area contributed by atoms with E-state index in [-0.39, 0.29) is 25.0 Å². The Morgan fingerprint density at radius 1 is 1.45 bits per heavy atom. The Labute approximate surface area is 117 Å². The highest BCUT2D eigenvalue weighted by atomic mass is 16.6. The first-order valence-electron chi connectivity index (χ1n) is 6.61. The van der Waals surface area contributed by atoms with E-state index in [1.807, 2.05) is 30.3 Å². The van der Waals surface area contributed by atoms with Gasteiger partial charge < -0.3 is 9.53 Å². The molecule has 0 saturated carbocycles. The lowest BCUT2D eigenvalue weighted by Crippen LogP contribution is -2.43. The molecule has 0 radical (unpaired) electrons. The summed E-state index contributed by atoms with van der Waals surface area (Å²) in [7, 11) is 0. The van der Waals surface area contributed by atoms with Gasteiger partial charge in [0.1, 0.15) is 12.9 Å². The topological polar surface area (TPSA) is 63.7 Å². The standard InChI is InChI=1S/C15H17NO4/c1-11(7-8-17)14(18)16-13(10-20-15(16)19)9-12-5-3-2-4-6-12/h2-6,8,11,13H,7,9-10H2,1H3/t11-,13+/m1/s1. The first-order chi connectivity index (χ1) is 9.63. The number of benzene rings is 1. The van der Waals surface area contributed by atoms with Crippen molar-refractivity contribution in [3.63, 3.8) is 0 Å². The van der Waals surface area contributed by atoms with Crippen molar-refractivity contribution in [1.29, 1.82) is 0 Å². The maximum absolute atomic E-state index is 12.2. The fourth-order valence-electron chi connectivity index (χ4n) is 2.25. The number of rotatable bonds is 5. The molecule has 1 aromatic carbocycles.